The van der Waals surface area contributed by atoms with Crippen molar-refractivity contribution in [1.29, 1.82) is 0 Å². The van der Waals surface area contributed by atoms with Crippen molar-refractivity contribution in [2.24, 2.45) is 0 Å². The number of anilines is 1. The number of hydrogen-bond acceptors (Lipinski definition) is 3. The lowest BCUT2D eigenvalue weighted by molar-refractivity contribution is -0.138. The molecule has 0 saturated carbocycles. The van der Waals surface area contributed by atoms with Crippen molar-refractivity contribution in [3.63, 3.8) is 0 Å². The van der Waals surface area contributed by atoms with Gasteiger partial charge in [-0.15, -0.1) is 0 Å². The Morgan fingerprint density at radius 3 is 2.44 bits per heavy atom. The topological polar surface area (TPSA) is 66.8 Å². The van der Waals surface area contributed by atoms with Gasteiger partial charge in [0.1, 0.15) is 6.61 Å². The van der Waals surface area contributed by atoms with Crippen LogP contribution >= 0.6 is 0 Å². The molecule has 0 fully saturated rings. The maximum atomic E-state index is 11.1. The maximum Gasteiger partial charge on any atom is 0.411 e. The second kappa shape index (κ2) is 6.44. The van der Waals surface area contributed by atoms with E-state index in [0.29, 0.717) is 5.69 Å². The monoisotopic (exact) mass is 249 g/mol. The summed E-state index contributed by atoms with van der Waals surface area (Å²) in [6.07, 6.45) is -1.09. The molecule has 1 rings (SSSR count). The number of carboxylic acid groups (broad SMARTS) is 1. The third kappa shape index (κ3) is 3.93. The fourth-order valence-corrected chi connectivity index (χ4v) is 1.30. The fraction of sp³-hybridized carbons (Fsp3) is 0.231. The van der Waals surface area contributed by atoms with Gasteiger partial charge in [-0.2, -0.15) is 0 Å². The molecule has 0 bridgehead atoms. The summed E-state index contributed by atoms with van der Waals surface area (Å²) in [5, 5.41) is 9.07. The van der Waals surface area contributed by atoms with E-state index in [0.717, 1.165) is 4.90 Å². The molecule has 5 nitrogen and oxygen atoms in total. The molecule has 0 aromatic heterocycles. The van der Waals surface area contributed by atoms with Crippen LogP contribution in [0, 0.1) is 0 Å². The second-order valence-electron chi connectivity index (χ2n) is 3.69. The standard InChI is InChI=1S/C13H15NO4/c1-10(2)12(15)18-9-8-14(13(16)17)11-6-4-3-5-7-11/h3-7H,1,8-9H2,2H3,(H,16,17). The number of benzene rings is 1. The average molecular weight is 249 g/mol. The molecule has 1 aromatic carbocycles. The van der Waals surface area contributed by atoms with Crippen LogP contribution in [0.4, 0.5) is 10.5 Å². The fourth-order valence-electron chi connectivity index (χ4n) is 1.30. The van der Waals surface area contributed by atoms with E-state index in [2.05, 4.69) is 6.58 Å². The highest BCUT2D eigenvalue weighted by molar-refractivity contribution is 5.87. The Morgan fingerprint density at radius 2 is 1.94 bits per heavy atom. The zero-order chi connectivity index (χ0) is 13.5. The van der Waals surface area contributed by atoms with Gasteiger partial charge in [-0.05, 0) is 19.1 Å². The van der Waals surface area contributed by atoms with E-state index in [9.17, 15) is 9.59 Å². The quantitative estimate of drug-likeness (QED) is 0.642. The second-order valence-corrected chi connectivity index (χ2v) is 3.69. The number of rotatable bonds is 5. The first-order valence-corrected chi connectivity index (χ1v) is 5.40. The molecule has 96 valence electrons. The minimum atomic E-state index is -1.09. The van der Waals surface area contributed by atoms with Crippen molar-refractivity contribution < 1.29 is 19.4 Å². The first-order chi connectivity index (χ1) is 8.52. The summed E-state index contributed by atoms with van der Waals surface area (Å²) in [7, 11) is 0. The molecule has 0 heterocycles. The number of esters is 1. The lowest BCUT2D eigenvalue weighted by atomic mass is 10.3. The van der Waals surface area contributed by atoms with Gasteiger partial charge in [-0.3, -0.25) is 4.90 Å². The number of amides is 1. The highest BCUT2D eigenvalue weighted by atomic mass is 16.5. The first-order valence-electron chi connectivity index (χ1n) is 5.40. The van der Waals surface area contributed by atoms with Crippen molar-refractivity contribution in [2.75, 3.05) is 18.1 Å². The summed E-state index contributed by atoms with van der Waals surface area (Å²) in [4.78, 5) is 23.3. The molecule has 0 radical (unpaired) electrons. The van der Waals surface area contributed by atoms with Crippen LogP contribution in [0.2, 0.25) is 0 Å². The third-order valence-corrected chi connectivity index (χ3v) is 2.20. The van der Waals surface area contributed by atoms with Gasteiger partial charge >= 0.3 is 12.1 Å². The van der Waals surface area contributed by atoms with Gasteiger partial charge in [0.25, 0.3) is 0 Å². The molecule has 0 aliphatic carbocycles. The molecule has 18 heavy (non-hydrogen) atoms. The molecule has 0 saturated heterocycles. The molecule has 0 aliphatic heterocycles. The molecule has 1 amide bonds. The lowest BCUT2D eigenvalue weighted by Crippen LogP contribution is -2.33. The molecule has 0 unspecified atom stereocenters. The minimum Gasteiger partial charge on any atom is -0.465 e. The number of hydrogen-bond donors (Lipinski definition) is 1. The van der Waals surface area contributed by atoms with E-state index < -0.39 is 12.1 Å². The molecule has 0 atom stereocenters. The van der Waals surface area contributed by atoms with E-state index in [-0.39, 0.29) is 18.7 Å². The van der Waals surface area contributed by atoms with Crippen LogP contribution in [-0.4, -0.2) is 30.3 Å². The minimum absolute atomic E-state index is 0.00706. The van der Waals surface area contributed by atoms with Crippen LogP contribution in [0.5, 0.6) is 0 Å². The molecular formula is C13H15NO4. The van der Waals surface area contributed by atoms with Crippen LogP contribution in [0.1, 0.15) is 6.92 Å². The Hall–Kier alpha value is -2.30. The van der Waals surface area contributed by atoms with E-state index in [1.54, 1.807) is 30.3 Å². The van der Waals surface area contributed by atoms with Gasteiger partial charge < -0.3 is 9.84 Å². The maximum absolute atomic E-state index is 11.1. The van der Waals surface area contributed by atoms with Crippen molar-refractivity contribution in [2.45, 2.75) is 6.92 Å². The van der Waals surface area contributed by atoms with Gasteiger partial charge in [0.2, 0.25) is 0 Å². The van der Waals surface area contributed by atoms with Gasteiger partial charge in [-0.1, -0.05) is 24.8 Å². The van der Waals surface area contributed by atoms with Crippen molar-refractivity contribution in [3.8, 4) is 0 Å². The van der Waals surface area contributed by atoms with E-state index in [4.69, 9.17) is 9.84 Å². The van der Waals surface area contributed by atoms with Gasteiger partial charge in [0.05, 0.1) is 6.54 Å². The molecular weight excluding hydrogens is 234 g/mol. The summed E-state index contributed by atoms with van der Waals surface area (Å²) in [6, 6.07) is 8.63. The number of ether oxygens (including phenoxy) is 1. The van der Waals surface area contributed by atoms with Crippen molar-refractivity contribution in [1.82, 2.24) is 0 Å². The molecule has 1 N–H and O–H groups in total. The van der Waals surface area contributed by atoms with Gasteiger partial charge in [0, 0.05) is 11.3 Å². The highest BCUT2D eigenvalue weighted by Crippen LogP contribution is 2.12. The predicted molar refractivity (Wildman–Crippen MR) is 67.6 cm³/mol. The molecule has 5 heteroatoms. The van der Waals surface area contributed by atoms with E-state index in [1.807, 2.05) is 0 Å². The van der Waals surface area contributed by atoms with Crippen LogP contribution in [-0.2, 0) is 9.53 Å². The highest BCUT2D eigenvalue weighted by Gasteiger charge is 2.14. The van der Waals surface area contributed by atoms with E-state index in [1.165, 1.54) is 6.92 Å². The molecule has 0 aliphatic rings. The normalized spacial score (nSPS) is 9.61. The summed E-state index contributed by atoms with van der Waals surface area (Å²) in [6.45, 7) is 5.05. The predicted octanol–water partition coefficient (Wildman–Crippen LogP) is 2.29. The Labute approximate surface area is 105 Å². The summed E-state index contributed by atoms with van der Waals surface area (Å²) >= 11 is 0. The number of carbonyl (C=O) groups excluding carboxylic acids is 1. The van der Waals surface area contributed by atoms with E-state index >= 15 is 0 Å². The van der Waals surface area contributed by atoms with Crippen LogP contribution in [0.25, 0.3) is 0 Å². The lowest BCUT2D eigenvalue weighted by Gasteiger charge is -2.18. The summed E-state index contributed by atoms with van der Waals surface area (Å²) in [5.41, 5.74) is 0.827. The number of nitrogens with zero attached hydrogens (tertiary/aromatic N) is 1. The summed E-state index contributed by atoms with van der Waals surface area (Å²) in [5.74, 6) is -0.520. The van der Waals surface area contributed by atoms with Crippen molar-refractivity contribution in [3.05, 3.63) is 42.5 Å². The van der Waals surface area contributed by atoms with Crippen LogP contribution < -0.4 is 4.90 Å². The van der Waals surface area contributed by atoms with Crippen molar-refractivity contribution >= 4 is 17.7 Å². The number of para-hydroxylation sites is 1. The third-order valence-electron chi connectivity index (χ3n) is 2.20. The van der Waals surface area contributed by atoms with Crippen LogP contribution in [0.15, 0.2) is 42.5 Å². The summed E-state index contributed by atoms with van der Waals surface area (Å²) < 4.78 is 4.86. The Balaban J connectivity index is 2.58. The van der Waals surface area contributed by atoms with Gasteiger partial charge in [-0.25, -0.2) is 9.59 Å². The largest absolute Gasteiger partial charge is 0.465 e. The average Bonchev–Trinajstić information content (AvgIpc) is 2.34. The Bertz CT molecular complexity index is 442. The van der Waals surface area contributed by atoms with Crippen LogP contribution in [0.3, 0.4) is 0 Å². The Morgan fingerprint density at radius 1 is 1.33 bits per heavy atom. The molecule has 1 aromatic rings. The van der Waals surface area contributed by atoms with Gasteiger partial charge in [0.15, 0.2) is 0 Å². The smallest absolute Gasteiger partial charge is 0.411 e. The Kier molecular flexibility index (Phi) is 4.92. The first kappa shape index (κ1) is 13.8. The zero-order valence-electron chi connectivity index (χ0n) is 10.1. The number of carbonyl (C=O) groups is 2. The zero-order valence-corrected chi connectivity index (χ0v) is 10.1. The SMILES string of the molecule is C=C(C)C(=O)OCCN(C(=O)O)c1ccccc1. The molecule has 0 spiro atoms.